The molecule has 92 valence electrons. The number of hydrogen-bond acceptors (Lipinski definition) is 3. The monoisotopic (exact) mass is 317 g/mol. The molecule has 17 heavy (non-hydrogen) atoms. The van der Waals surface area contributed by atoms with Crippen molar-refractivity contribution in [2.75, 3.05) is 13.1 Å². The Bertz CT molecular complexity index is 531. The van der Waals surface area contributed by atoms with Crippen molar-refractivity contribution in [2.24, 2.45) is 0 Å². The van der Waals surface area contributed by atoms with E-state index in [-0.39, 0.29) is 23.8 Å². The van der Waals surface area contributed by atoms with Gasteiger partial charge in [0.2, 0.25) is 10.0 Å². The van der Waals surface area contributed by atoms with Gasteiger partial charge in [0.1, 0.15) is 5.78 Å². The Kier molecular flexibility index (Phi) is 3.65. The molecule has 1 saturated heterocycles. The Balaban J connectivity index is 2.31. The second-order valence-corrected chi connectivity index (χ2v) is 6.63. The zero-order valence-electron chi connectivity index (χ0n) is 9.10. The molecular formula is C11H12BrNO3S. The number of halogens is 1. The van der Waals surface area contributed by atoms with Gasteiger partial charge in [-0.05, 0) is 28.1 Å². The number of rotatable bonds is 2. The molecule has 1 heterocycles. The molecule has 0 bridgehead atoms. The van der Waals surface area contributed by atoms with Gasteiger partial charge >= 0.3 is 0 Å². The third kappa shape index (κ3) is 2.59. The highest BCUT2D eigenvalue weighted by atomic mass is 79.9. The molecule has 0 atom stereocenters. The third-order valence-corrected chi connectivity index (χ3v) is 5.65. The Morgan fingerprint density at radius 3 is 2.29 bits per heavy atom. The van der Waals surface area contributed by atoms with Gasteiger partial charge in [0, 0.05) is 30.4 Å². The molecular weight excluding hydrogens is 306 g/mol. The highest BCUT2D eigenvalue weighted by molar-refractivity contribution is 9.10. The van der Waals surface area contributed by atoms with Crippen LogP contribution in [-0.2, 0) is 14.8 Å². The number of hydrogen-bond donors (Lipinski definition) is 0. The van der Waals surface area contributed by atoms with E-state index in [1.807, 2.05) is 0 Å². The second-order valence-electron chi connectivity index (χ2n) is 3.87. The van der Waals surface area contributed by atoms with E-state index in [9.17, 15) is 13.2 Å². The predicted octanol–water partition coefficient (Wildman–Crippen LogP) is 1.80. The summed E-state index contributed by atoms with van der Waals surface area (Å²) in [5, 5.41) is 0. The van der Waals surface area contributed by atoms with Crippen LogP contribution in [0.1, 0.15) is 12.8 Å². The lowest BCUT2D eigenvalue weighted by Gasteiger charge is -2.25. The van der Waals surface area contributed by atoms with Crippen molar-refractivity contribution < 1.29 is 13.2 Å². The van der Waals surface area contributed by atoms with E-state index in [1.165, 1.54) is 4.31 Å². The molecule has 0 spiro atoms. The first-order chi connectivity index (χ1) is 8.01. The van der Waals surface area contributed by atoms with Gasteiger partial charge in [-0.15, -0.1) is 0 Å². The Morgan fingerprint density at radius 2 is 1.71 bits per heavy atom. The van der Waals surface area contributed by atoms with Crippen LogP contribution in [0.4, 0.5) is 0 Å². The van der Waals surface area contributed by atoms with Crippen LogP contribution in [0, 0.1) is 0 Å². The minimum absolute atomic E-state index is 0.128. The van der Waals surface area contributed by atoms with Crippen molar-refractivity contribution >= 4 is 31.7 Å². The lowest BCUT2D eigenvalue weighted by Crippen LogP contribution is -2.38. The summed E-state index contributed by atoms with van der Waals surface area (Å²) < 4.78 is 26.5. The van der Waals surface area contributed by atoms with Crippen molar-refractivity contribution in [3.8, 4) is 0 Å². The number of benzene rings is 1. The van der Waals surface area contributed by atoms with Gasteiger partial charge in [-0.3, -0.25) is 4.79 Å². The summed E-state index contributed by atoms with van der Waals surface area (Å²) in [5.41, 5.74) is 0. The van der Waals surface area contributed by atoms with Crippen LogP contribution < -0.4 is 0 Å². The molecule has 0 amide bonds. The Morgan fingerprint density at radius 1 is 1.12 bits per heavy atom. The van der Waals surface area contributed by atoms with Crippen LogP contribution in [0.5, 0.6) is 0 Å². The first kappa shape index (κ1) is 12.7. The predicted molar refractivity (Wildman–Crippen MR) is 67.1 cm³/mol. The van der Waals surface area contributed by atoms with Crippen molar-refractivity contribution in [3.63, 3.8) is 0 Å². The number of nitrogens with zero attached hydrogens (tertiary/aromatic N) is 1. The van der Waals surface area contributed by atoms with Crippen LogP contribution in [-0.4, -0.2) is 31.6 Å². The maximum Gasteiger partial charge on any atom is 0.244 e. The fourth-order valence-corrected chi connectivity index (χ4v) is 4.17. The van der Waals surface area contributed by atoms with E-state index >= 15 is 0 Å². The summed E-state index contributed by atoms with van der Waals surface area (Å²) in [4.78, 5) is 11.4. The highest BCUT2D eigenvalue weighted by Gasteiger charge is 2.29. The van der Waals surface area contributed by atoms with Crippen molar-refractivity contribution in [2.45, 2.75) is 17.7 Å². The van der Waals surface area contributed by atoms with Crippen LogP contribution in [0.2, 0.25) is 0 Å². The molecule has 1 aliphatic rings. The second kappa shape index (κ2) is 4.88. The average molecular weight is 318 g/mol. The molecule has 1 fully saturated rings. The minimum Gasteiger partial charge on any atom is -0.300 e. The van der Waals surface area contributed by atoms with Crippen LogP contribution in [0.25, 0.3) is 0 Å². The molecule has 1 aromatic carbocycles. The molecule has 0 aliphatic carbocycles. The number of sulfonamides is 1. The first-order valence-corrected chi connectivity index (χ1v) is 7.51. The lowest BCUT2D eigenvalue weighted by molar-refractivity contribution is -0.120. The number of Topliss-reactive ketones (excluding diaryl/α,β-unsaturated/α-hetero) is 1. The smallest absolute Gasteiger partial charge is 0.244 e. The first-order valence-electron chi connectivity index (χ1n) is 5.28. The molecule has 4 nitrogen and oxygen atoms in total. The van der Waals surface area contributed by atoms with E-state index in [4.69, 9.17) is 0 Å². The van der Waals surface area contributed by atoms with E-state index in [2.05, 4.69) is 15.9 Å². The molecule has 0 N–H and O–H groups in total. The van der Waals surface area contributed by atoms with Crippen LogP contribution in [0.15, 0.2) is 33.6 Å². The van der Waals surface area contributed by atoms with Gasteiger partial charge in [0.25, 0.3) is 0 Å². The minimum atomic E-state index is -3.48. The molecule has 6 heteroatoms. The molecule has 2 rings (SSSR count). The van der Waals surface area contributed by atoms with E-state index in [0.717, 1.165) is 0 Å². The zero-order valence-corrected chi connectivity index (χ0v) is 11.5. The Labute approximate surface area is 109 Å². The van der Waals surface area contributed by atoms with Gasteiger partial charge in [0.05, 0.1) is 4.90 Å². The fraction of sp³-hybridized carbons (Fsp3) is 0.364. The molecule has 0 unspecified atom stereocenters. The van der Waals surface area contributed by atoms with Crippen LogP contribution in [0.3, 0.4) is 0 Å². The SMILES string of the molecule is O=C1CCN(S(=O)(=O)c2ccccc2Br)CC1. The third-order valence-electron chi connectivity index (χ3n) is 2.73. The lowest BCUT2D eigenvalue weighted by atomic mass is 10.1. The van der Waals surface area contributed by atoms with Gasteiger partial charge < -0.3 is 0 Å². The maximum atomic E-state index is 12.3. The fourth-order valence-electron chi connectivity index (χ4n) is 1.77. The molecule has 1 aromatic rings. The van der Waals surface area contributed by atoms with Gasteiger partial charge in [-0.2, -0.15) is 4.31 Å². The average Bonchev–Trinajstić information content (AvgIpc) is 2.30. The highest BCUT2D eigenvalue weighted by Crippen LogP contribution is 2.26. The maximum absolute atomic E-state index is 12.3. The quantitative estimate of drug-likeness (QED) is 0.835. The summed E-state index contributed by atoms with van der Waals surface area (Å²) in [7, 11) is -3.48. The number of ketones is 1. The van der Waals surface area contributed by atoms with Crippen molar-refractivity contribution in [1.82, 2.24) is 4.31 Å². The summed E-state index contributed by atoms with van der Waals surface area (Å²) in [6.07, 6.45) is 0.618. The number of piperidine rings is 1. The topological polar surface area (TPSA) is 54.5 Å². The van der Waals surface area contributed by atoms with E-state index in [0.29, 0.717) is 17.3 Å². The zero-order chi connectivity index (χ0) is 12.5. The standard InChI is InChI=1S/C11H12BrNO3S/c12-10-3-1-2-4-11(10)17(15,16)13-7-5-9(14)6-8-13/h1-4H,5-8H2. The summed E-state index contributed by atoms with van der Waals surface area (Å²) in [6.45, 7) is 0.561. The summed E-state index contributed by atoms with van der Waals surface area (Å²) >= 11 is 3.24. The largest absolute Gasteiger partial charge is 0.300 e. The van der Waals surface area contributed by atoms with Crippen molar-refractivity contribution in [1.29, 1.82) is 0 Å². The molecule has 0 radical (unpaired) electrons. The van der Waals surface area contributed by atoms with Gasteiger partial charge in [0.15, 0.2) is 0 Å². The van der Waals surface area contributed by atoms with Gasteiger partial charge in [-0.25, -0.2) is 8.42 Å². The normalized spacial score (nSPS) is 18.3. The number of carbonyl (C=O) groups is 1. The number of carbonyl (C=O) groups excluding carboxylic acids is 1. The van der Waals surface area contributed by atoms with E-state index < -0.39 is 10.0 Å². The summed E-state index contributed by atoms with van der Waals surface area (Å²) in [6, 6.07) is 6.72. The van der Waals surface area contributed by atoms with Crippen molar-refractivity contribution in [3.05, 3.63) is 28.7 Å². The summed E-state index contributed by atoms with van der Waals surface area (Å²) in [5.74, 6) is 0.128. The molecule has 0 saturated carbocycles. The van der Waals surface area contributed by atoms with E-state index in [1.54, 1.807) is 24.3 Å². The molecule has 0 aromatic heterocycles. The Hall–Kier alpha value is -0.720. The molecule has 1 aliphatic heterocycles. The van der Waals surface area contributed by atoms with Gasteiger partial charge in [-0.1, -0.05) is 12.1 Å². The van der Waals surface area contributed by atoms with Crippen LogP contribution >= 0.6 is 15.9 Å².